The Bertz CT molecular complexity index is 1120. The van der Waals surface area contributed by atoms with Gasteiger partial charge in [-0.15, -0.1) is 0 Å². The van der Waals surface area contributed by atoms with E-state index in [9.17, 15) is 14.7 Å². The van der Waals surface area contributed by atoms with E-state index in [-0.39, 0.29) is 32.0 Å². The third kappa shape index (κ3) is 3.48. The van der Waals surface area contributed by atoms with Gasteiger partial charge >= 0.3 is 12.1 Å². The molecule has 7 nitrogen and oxygen atoms in total. The van der Waals surface area contributed by atoms with Gasteiger partial charge < -0.3 is 14.7 Å². The fourth-order valence-corrected chi connectivity index (χ4v) is 5.06. The van der Waals surface area contributed by atoms with Gasteiger partial charge in [-0.3, -0.25) is 9.48 Å². The van der Waals surface area contributed by atoms with Crippen molar-refractivity contribution in [1.29, 1.82) is 0 Å². The highest BCUT2D eigenvalue weighted by molar-refractivity contribution is 14.1. The molecule has 2 heterocycles. The molecule has 1 saturated heterocycles. The fourth-order valence-electron chi connectivity index (χ4n) is 4.66. The summed E-state index contributed by atoms with van der Waals surface area (Å²) < 4.78 is 8.13. The Labute approximate surface area is 192 Å². The number of hydrogen-bond acceptors (Lipinski definition) is 4. The average molecular weight is 529 g/mol. The number of rotatable bonds is 5. The second-order valence-electron chi connectivity index (χ2n) is 8.04. The van der Waals surface area contributed by atoms with Crippen LogP contribution in [-0.2, 0) is 15.1 Å². The molecular formula is C23H20IN3O4. The molecule has 0 atom stereocenters. The van der Waals surface area contributed by atoms with Crippen LogP contribution in [-0.4, -0.2) is 51.5 Å². The Balaban J connectivity index is 1.28. The number of benzene rings is 2. The quantitative estimate of drug-likeness (QED) is 0.507. The van der Waals surface area contributed by atoms with E-state index in [2.05, 4.69) is 52.0 Å². The van der Waals surface area contributed by atoms with Crippen molar-refractivity contribution in [3.8, 4) is 11.1 Å². The molecule has 1 aliphatic heterocycles. The van der Waals surface area contributed by atoms with Crippen LogP contribution in [0.15, 0.2) is 60.8 Å². The summed E-state index contributed by atoms with van der Waals surface area (Å²) in [4.78, 5) is 25.7. The van der Waals surface area contributed by atoms with E-state index in [1.165, 1.54) is 11.1 Å². The van der Waals surface area contributed by atoms with Gasteiger partial charge in [0.15, 0.2) is 0 Å². The van der Waals surface area contributed by atoms with Gasteiger partial charge in [-0.25, -0.2) is 4.79 Å². The number of fused-ring (bicyclic) bond motifs is 3. The number of amides is 1. The van der Waals surface area contributed by atoms with Gasteiger partial charge in [0.25, 0.3) is 0 Å². The summed E-state index contributed by atoms with van der Waals surface area (Å²) in [7, 11) is 0. The largest absolute Gasteiger partial charge is 0.481 e. The highest BCUT2D eigenvalue weighted by Crippen LogP contribution is 2.44. The molecule has 8 heteroatoms. The van der Waals surface area contributed by atoms with Crippen LogP contribution in [0.25, 0.3) is 11.1 Å². The normalized spacial score (nSPS) is 16.4. The number of carbonyl (C=O) groups is 2. The molecule has 0 radical (unpaired) electrons. The van der Waals surface area contributed by atoms with Crippen molar-refractivity contribution in [3.05, 3.63) is 75.6 Å². The molecule has 31 heavy (non-hydrogen) atoms. The van der Waals surface area contributed by atoms with E-state index < -0.39 is 17.6 Å². The van der Waals surface area contributed by atoms with Gasteiger partial charge in [-0.1, -0.05) is 48.5 Å². The Kier molecular flexibility index (Phi) is 4.96. The summed E-state index contributed by atoms with van der Waals surface area (Å²) in [5, 5.41) is 13.7. The first-order valence-corrected chi connectivity index (χ1v) is 11.1. The number of carboxylic acid groups (broad SMARTS) is 1. The molecule has 0 saturated carbocycles. The smallest absolute Gasteiger partial charge is 0.409 e. The van der Waals surface area contributed by atoms with Crippen LogP contribution in [0.2, 0.25) is 0 Å². The van der Waals surface area contributed by atoms with Crippen molar-refractivity contribution in [3.63, 3.8) is 0 Å². The number of carboxylic acids is 1. The predicted molar refractivity (Wildman–Crippen MR) is 122 cm³/mol. The molecule has 1 aliphatic carbocycles. The first-order valence-electron chi connectivity index (χ1n) is 10.0. The number of ether oxygens (including phenoxy) is 1. The molecule has 1 N–H and O–H groups in total. The van der Waals surface area contributed by atoms with Crippen molar-refractivity contribution >= 4 is 34.7 Å². The number of aromatic nitrogens is 2. The molecular weight excluding hydrogens is 509 g/mol. The maximum Gasteiger partial charge on any atom is 0.409 e. The minimum Gasteiger partial charge on any atom is -0.481 e. The zero-order valence-electron chi connectivity index (χ0n) is 16.6. The first kappa shape index (κ1) is 20.0. The number of nitrogens with zero attached hydrogens (tertiary/aromatic N) is 3. The molecule has 0 spiro atoms. The van der Waals surface area contributed by atoms with Crippen molar-refractivity contribution in [2.45, 2.75) is 17.9 Å². The van der Waals surface area contributed by atoms with Crippen LogP contribution in [0.1, 0.15) is 23.5 Å². The van der Waals surface area contributed by atoms with E-state index in [0.717, 1.165) is 14.8 Å². The van der Waals surface area contributed by atoms with Gasteiger partial charge in [0.05, 0.1) is 19.5 Å². The number of hydrogen-bond donors (Lipinski definition) is 1. The maximum absolute atomic E-state index is 12.7. The molecule has 2 aromatic carbocycles. The average Bonchev–Trinajstić information content (AvgIpc) is 3.30. The summed E-state index contributed by atoms with van der Waals surface area (Å²) in [6.07, 6.45) is 1.24. The zero-order valence-corrected chi connectivity index (χ0v) is 18.7. The van der Waals surface area contributed by atoms with E-state index in [0.29, 0.717) is 0 Å². The molecule has 2 aliphatic rings. The summed E-state index contributed by atoms with van der Waals surface area (Å²) in [5.74, 6) is -0.924. The molecule has 5 rings (SSSR count). The SMILES string of the molecule is O=C(O)CC1(n2ccc(I)n2)CN(C(=O)OCC2c3ccccc3-c3ccccc32)C1. The topological polar surface area (TPSA) is 84.7 Å². The lowest BCUT2D eigenvalue weighted by Crippen LogP contribution is -2.65. The van der Waals surface area contributed by atoms with Crippen molar-refractivity contribution in [2.75, 3.05) is 19.7 Å². The number of halogens is 1. The molecule has 158 valence electrons. The Morgan fingerprint density at radius 3 is 2.23 bits per heavy atom. The van der Waals surface area contributed by atoms with E-state index >= 15 is 0 Å². The molecule has 1 aromatic heterocycles. The minimum absolute atomic E-state index is 0.00547. The molecule has 0 bridgehead atoms. The Morgan fingerprint density at radius 1 is 1.06 bits per heavy atom. The Hall–Kier alpha value is -2.88. The lowest BCUT2D eigenvalue weighted by molar-refractivity contribution is -0.142. The van der Waals surface area contributed by atoms with E-state index in [4.69, 9.17) is 4.74 Å². The lowest BCUT2D eigenvalue weighted by Gasteiger charge is -2.48. The maximum atomic E-state index is 12.7. The third-order valence-corrected chi connectivity index (χ3v) is 6.66. The number of likely N-dealkylation sites (tertiary alicyclic amines) is 1. The van der Waals surface area contributed by atoms with Crippen molar-refractivity contribution < 1.29 is 19.4 Å². The van der Waals surface area contributed by atoms with Gasteiger partial charge in [0.2, 0.25) is 0 Å². The second-order valence-corrected chi connectivity index (χ2v) is 9.14. The number of aliphatic carboxylic acids is 1. The summed E-state index contributed by atoms with van der Waals surface area (Å²) >= 11 is 2.08. The van der Waals surface area contributed by atoms with Gasteiger partial charge in [0.1, 0.15) is 15.8 Å². The number of carbonyl (C=O) groups excluding carboxylic acids is 1. The lowest BCUT2D eigenvalue weighted by atomic mass is 9.86. The summed E-state index contributed by atoms with van der Waals surface area (Å²) in [5.41, 5.74) is 3.94. The fraction of sp³-hybridized carbons (Fsp3) is 0.261. The summed E-state index contributed by atoms with van der Waals surface area (Å²) in [6, 6.07) is 18.2. The second kappa shape index (κ2) is 7.67. The molecule has 1 amide bonds. The summed E-state index contributed by atoms with van der Waals surface area (Å²) in [6.45, 7) is 0.760. The van der Waals surface area contributed by atoms with Gasteiger partial charge in [-0.2, -0.15) is 5.10 Å². The minimum atomic E-state index is -0.919. The highest BCUT2D eigenvalue weighted by atomic mass is 127. The third-order valence-electron chi connectivity index (χ3n) is 6.09. The van der Waals surface area contributed by atoms with Crippen LogP contribution < -0.4 is 0 Å². The van der Waals surface area contributed by atoms with Crippen LogP contribution in [0, 0.1) is 3.70 Å². The highest BCUT2D eigenvalue weighted by Gasteiger charge is 2.50. The van der Waals surface area contributed by atoms with E-state index in [1.807, 2.05) is 30.3 Å². The monoisotopic (exact) mass is 529 g/mol. The van der Waals surface area contributed by atoms with E-state index in [1.54, 1.807) is 15.8 Å². The van der Waals surface area contributed by atoms with Crippen LogP contribution >= 0.6 is 22.6 Å². The van der Waals surface area contributed by atoms with Crippen molar-refractivity contribution in [1.82, 2.24) is 14.7 Å². The predicted octanol–water partition coefficient (Wildman–Crippen LogP) is 3.92. The van der Waals surface area contributed by atoms with Crippen LogP contribution in [0.4, 0.5) is 4.79 Å². The first-order chi connectivity index (χ1) is 15.0. The van der Waals surface area contributed by atoms with Crippen LogP contribution in [0.3, 0.4) is 0 Å². The zero-order chi connectivity index (χ0) is 21.6. The Morgan fingerprint density at radius 2 is 1.68 bits per heavy atom. The van der Waals surface area contributed by atoms with Gasteiger partial charge in [-0.05, 0) is 50.9 Å². The van der Waals surface area contributed by atoms with Crippen molar-refractivity contribution in [2.24, 2.45) is 0 Å². The standard InChI is InChI=1S/C23H20IN3O4/c24-20-9-10-27(25-20)23(11-21(28)29)13-26(14-23)22(30)31-12-19-17-7-3-1-5-15(17)16-6-2-4-8-18(16)19/h1-10,19H,11-14H2,(H,28,29). The molecule has 1 fully saturated rings. The molecule has 3 aromatic rings. The van der Waals surface area contributed by atoms with Gasteiger partial charge in [0, 0.05) is 12.1 Å². The molecule has 0 unspecified atom stereocenters. The van der Waals surface area contributed by atoms with Crippen LogP contribution in [0.5, 0.6) is 0 Å².